The van der Waals surface area contributed by atoms with Crippen LogP contribution in [0.2, 0.25) is 0 Å². The second-order valence-corrected chi connectivity index (χ2v) is 6.77. The standard InChI is InChI=1S/C21H15FN4OS/c22-17-9-6-15(7-10-17)20-16(8-11-19(27)24-21-23-12-13-28-21)14-26(25-20)18-4-2-1-3-5-18/h1-14H,(H,23,24,27). The van der Waals surface area contributed by atoms with E-state index in [-0.39, 0.29) is 11.7 Å². The maximum atomic E-state index is 13.3. The van der Waals surface area contributed by atoms with Crippen LogP contribution in [0.3, 0.4) is 0 Å². The summed E-state index contributed by atoms with van der Waals surface area (Å²) in [6, 6.07) is 15.8. The molecule has 0 spiro atoms. The molecule has 0 unspecified atom stereocenters. The number of aromatic nitrogens is 3. The highest BCUT2D eigenvalue weighted by Gasteiger charge is 2.11. The number of hydrogen-bond donors (Lipinski definition) is 1. The third-order valence-corrected chi connectivity index (χ3v) is 4.65. The van der Waals surface area contributed by atoms with Crippen molar-refractivity contribution in [3.8, 4) is 16.9 Å². The van der Waals surface area contributed by atoms with Crippen molar-refractivity contribution in [3.63, 3.8) is 0 Å². The Morgan fingerprint density at radius 1 is 1.11 bits per heavy atom. The average Bonchev–Trinajstić information content (AvgIpc) is 3.38. The molecule has 0 aliphatic rings. The van der Waals surface area contributed by atoms with Crippen molar-refractivity contribution in [2.45, 2.75) is 0 Å². The lowest BCUT2D eigenvalue weighted by molar-refractivity contribution is -0.111. The first-order chi connectivity index (χ1) is 13.7. The molecule has 138 valence electrons. The lowest BCUT2D eigenvalue weighted by atomic mass is 10.1. The van der Waals surface area contributed by atoms with Gasteiger partial charge in [0.25, 0.3) is 0 Å². The van der Waals surface area contributed by atoms with E-state index < -0.39 is 0 Å². The van der Waals surface area contributed by atoms with Crippen LogP contribution in [0.1, 0.15) is 5.56 Å². The molecule has 0 bridgehead atoms. The summed E-state index contributed by atoms with van der Waals surface area (Å²) in [7, 11) is 0. The number of nitrogens with zero attached hydrogens (tertiary/aromatic N) is 3. The summed E-state index contributed by atoms with van der Waals surface area (Å²) in [6.45, 7) is 0. The van der Waals surface area contributed by atoms with Gasteiger partial charge in [0.05, 0.1) is 11.4 Å². The number of amides is 1. The van der Waals surface area contributed by atoms with Crippen LogP contribution in [0.25, 0.3) is 23.0 Å². The molecule has 7 heteroatoms. The maximum Gasteiger partial charge on any atom is 0.250 e. The zero-order valence-electron chi connectivity index (χ0n) is 14.6. The number of para-hydroxylation sites is 1. The average molecular weight is 390 g/mol. The van der Waals surface area contributed by atoms with E-state index in [0.29, 0.717) is 10.8 Å². The first-order valence-electron chi connectivity index (χ1n) is 8.48. The number of hydrogen-bond acceptors (Lipinski definition) is 4. The normalized spacial score (nSPS) is 11.0. The highest BCUT2D eigenvalue weighted by atomic mass is 32.1. The zero-order chi connectivity index (χ0) is 19.3. The molecule has 28 heavy (non-hydrogen) atoms. The van der Waals surface area contributed by atoms with Crippen LogP contribution in [0.15, 0.2) is 78.4 Å². The molecule has 0 radical (unpaired) electrons. The van der Waals surface area contributed by atoms with Crippen molar-refractivity contribution >= 4 is 28.5 Å². The lowest BCUT2D eigenvalue weighted by Crippen LogP contribution is -2.07. The molecule has 0 saturated carbocycles. The van der Waals surface area contributed by atoms with E-state index in [1.807, 2.05) is 36.5 Å². The molecular weight excluding hydrogens is 375 g/mol. The predicted molar refractivity (Wildman–Crippen MR) is 109 cm³/mol. The second kappa shape index (κ2) is 7.98. The Morgan fingerprint density at radius 3 is 2.61 bits per heavy atom. The largest absolute Gasteiger partial charge is 0.298 e. The first-order valence-corrected chi connectivity index (χ1v) is 9.36. The summed E-state index contributed by atoms with van der Waals surface area (Å²) in [5.41, 5.74) is 3.04. The summed E-state index contributed by atoms with van der Waals surface area (Å²) in [5.74, 6) is -0.598. The van der Waals surface area contributed by atoms with Gasteiger partial charge in [-0.2, -0.15) is 5.10 Å². The van der Waals surface area contributed by atoms with Crippen molar-refractivity contribution in [2.24, 2.45) is 0 Å². The fourth-order valence-electron chi connectivity index (χ4n) is 2.65. The van der Waals surface area contributed by atoms with Crippen molar-refractivity contribution in [3.05, 3.63) is 89.8 Å². The lowest BCUT2D eigenvalue weighted by Gasteiger charge is -2.00. The summed E-state index contributed by atoms with van der Waals surface area (Å²) in [6.07, 6.45) is 6.58. The van der Waals surface area contributed by atoms with Crippen LogP contribution >= 0.6 is 11.3 Å². The van der Waals surface area contributed by atoms with Gasteiger partial charge in [0.2, 0.25) is 5.91 Å². The number of nitrogens with one attached hydrogen (secondary N) is 1. The van der Waals surface area contributed by atoms with E-state index in [1.165, 1.54) is 29.5 Å². The SMILES string of the molecule is O=C(C=Cc1cn(-c2ccccc2)nc1-c1ccc(F)cc1)Nc1nccs1. The van der Waals surface area contributed by atoms with Crippen molar-refractivity contribution in [2.75, 3.05) is 5.32 Å². The van der Waals surface area contributed by atoms with Crippen molar-refractivity contribution in [1.29, 1.82) is 0 Å². The Hall–Kier alpha value is -3.58. The number of carbonyl (C=O) groups is 1. The van der Waals surface area contributed by atoms with Crippen LogP contribution in [-0.2, 0) is 4.79 Å². The number of thiazole rings is 1. The molecule has 0 fully saturated rings. The molecule has 1 N–H and O–H groups in total. The second-order valence-electron chi connectivity index (χ2n) is 5.88. The number of benzene rings is 2. The van der Waals surface area contributed by atoms with Gasteiger partial charge in [-0.05, 0) is 42.5 Å². The van der Waals surface area contributed by atoms with Gasteiger partial charge >= 0.3 is 0 Å². The molecule has 1 amide bonds. The third kappa shape index (κ3) is 4.05. The fraction of sp³-hybridized carbons (Fsp3) is 0. The van der Waals surface area contributed by atoms with Crippen molar-refractivity contribution in [1.82, 2.24) is 14.8 Å². The summed E-state index contributed by atoms with van der Waals surface area (Å²) in [4.78, 5) is 16.2. The van der Waals surface area contributed by atoms with Crippen molar-refractivity contribution < 1.29 is 9.18 Å². The topological polar surface area (TPSA) is 59.8 Å². The molecule has 4 aromatic rings. The van der Waals surface area contributed by atoms with Crippen LogP contribution in [0, 0.1) is 5.82 Å². The van der Waals surface area contributed by atoms with Gasteiger partial charge in [-0.1, -0.05) is 18.2 Å². The fourth-order valence-corrected chi connectivity index (χ4v) is 3.18. The van der Waals surface area contributed by atoms with Gasteiger partial charge in [0.1, 0.15) is 5.82 Å². The van der Waals surface area contributed by atoms with E-state index in [9.17, 15) is 9.18 Å². The van der Waals surface area contributed by atoms with Gasteiger partial charge in [0.15, 0.2) is 5.13 Å². The minimum atomic E-state index is -0.314. The first kappa shape index (κ1) is 17.8. The summed E-state index contributed by atoms with van der Waals surface area (Å²) in [5, 5.41) is 9.66. The Kier molecular flexibility index (Phi) is 5.07. The highest BCUT2D eigenvalue weighted by molar-refractivity contribution is 7.13. The van der Waals surface area contributed by atoms with Gasteiger partial charge in [0, 0.05) is 35.0 Å². The van der Waals surface area contributed by atoms with Crippen LogP contribution in [0.5, 0.6) is 0 Å². The third-order valence-electron chi connectivity index (χ3n) is 3.96. The number of carbonyl (C=O) groups excluding carboxylic acids is 1. The Balaban J connectivity index is 1.67. The molecule has 2 aromatic carbocycles. The molecule has 4 rings (SSSR count). The molecule has 0 saturated heterocycles. The number of anilines is 1. The minimum Gasteiger partial charge on any atom is -0.298 e. The quantitative estimate of drug-likeness (QED) is 0.499. The number of halogens is 1. The Labute approximate surface area is 164 Å². The van der Waals surface area contributed by atoms with Gasteiger partial charge in [-0.3, -0.25) is 10.1 Å². The Bertz CT molecular complexity index is 1100. The van der Waals surface area contributed by atoms with E-state index >= 15 is 0 Å². The van der Waals surface area contributed by atoms with Gasteiger partial charge < -0.3 is 0 Å². The zero-order valence-corrected chi connectivity index (χ0v) is 15.4. The maximum absolute atomic E-state index is 13.3. The molecule has 2 heterocycles. The smallest absolute Gasteiger partial charge is 0.250 e. The Morgan fingerprint density at radius 2 is 1.89 bits per heavy atom. The van der Waals surface area contributed by atoms with Crippen LogP contribution in [0.4, 0.5) is 9.52 Å². The molecule has 0 aliphatic heterocycles. The summed E-state index contributed by atoms with van der Waals surface area (Å²) < 4.78 is 15.0. The molecule has 0 aliphatic carbocycles. The summed E-state index contributed by atoms with van der Waals surface area (Å²) >= 11 is 1.35. The molecule has 2 aromatic heterocycles. The number of rotatable bonds is 5. The van der Waals surface area contributed by atoms with E-state index in [0.717, 1.165) is 16.8 Å². The van der Waals surface area contributed by atoms with E-state index in [2.05, 4.69) is 15.4 Å². The molecule has 5 nitrogen and oxygen atoms in total. The van der Waals surface area contributed by atoms with E-state index in [4.69, 9.17) is 0 Å². The highest BCUT2D eigenvalue weighted by Crippen LogP contribution is 2.25. The molecule has 0 atom stereocenters. The monoisotopic (exact) mass is 390 g/mol. The van der Waals surface area contributed by atoms with Gasteiger partial charge in [-0.25, -0.2) is 14.1 Å². The minimum absolute atomic E-state index is 0.285. The van der Waals surface area contributed by atoms with E-state index in [1.54, 1.807) is 34.5 Å². The molecular formula is C21H15FN4OS. The van der Waals surface area contributed by atoms with Crippen LogP contribution in [-0.4, -0.2) is 20.7 Å². The predicted octanol–water partition coefficient (Wildman–Crippen LogP) is 4.79. The van der Waals surface area contributed by atoms with Crippen LogP contribution < -0.4 is 5.32 Å². The van der Waals surface area contributed by atoms with Gasteiger partial charge in [-0.15, -0.1) is 11.3 Å².